The Morgan fingerprint density at radius 1 is 1.43 bits per heavy atom. The molecular formula is C14H16N4O4S. The van der Waals surface area contributed by atoms with Crippen LogP contribution in [0.3, 0.4) is 0 Å². The van der Waals surface area contributed by atoms with E-state index < -0.39 is 20.4 Å². The third kappa shape index (κ3) is 3.19. The molecule has 0 radical (unpaired) electrons. The molecule has 2 aromatic rings. The summed E-state index contributed by atoms with van der Waals surface area (Å²) >= 11 is 0. The van der Waals surface area contributed by atoms with Gasteiger partial charge in [0.05, 0.1) is 11.1 Å². The van der Waals surface area contributed by atoms with Gasteiger partial charge in [-0.25, -0.2) is 8.42 Å². The molecule has 8 nitrogen and oxygen atoms in total. The second kappa shape index (κ2) is 5.65. The van der Waals surface area contributed by atoms with Crippen LogP contribution in [0.1, 0.15) is 17.7 Å². The summed E-state index contributed by atoms with van der Waals surface area (Å²) in [5.74, 6) is 0. The van der Waals surface area contributed by atoms with Gasteiger partial charge in [-0.3, -0.25) is 15.2 Å². The van der Waals surface area contributed by atoms with Gasteiger partial charge in [0.25, 0.3) is 5.69 Å². The van der Waals surface area contributed by atoms with Crippen molar-refractivity contribution in [3.05, 3.63) is 45.8 Å². The fourth-order valence-electron chi connectivity index (χ4n) is 2.84. The van der Waals surface area contributed by atoms with E-state index in [4.69, 9.17) is 0 Å². The molecule has 0 unspecified atom stereocenters. The van der Waals surface area contributed by atoms with Gasteiger partial charge in [0.15, 0.2) is 9.84 Å². The maximum atomic E-state index is 11.6. The molecule has 9 heteroatoms. The molecule has 1 heterocycles. The lowest BCUT2D eigenvalue weighted by atomic mass is 9.93. The van der Waals surface area contributed by atoms with Gasteiger partial charge in [-0.05, 0) is 37.0 Å². The highest BCUT2D eigenvalue weighted by molar-refractivity contribution is 7.90. The van der Waals surface area contributed by atoms with Crippen molar-refractivity contribution in [2.75, 3.05) is 11.6 Å². The Morgan fingerprint density at radius 2 is 2.22 bits per heavy atom. The van der Waals surface area contributed by atoms with E-state index >= 15 is 0 Å². The molecule has 0 amide bonds. The number of fused-ring (bicyclic) bond motifs is 1. The van der Waals surface area contributed by atoms with E-state index in [0.717, 1.165) is 36.8 Å². The quantitative estimate of drug-likeness (QED) is 0.648. The normalized spacial score (nSPS) is 17.5. The molecule has 1 aliphatic rings. The van der Waals surface area contributed by atoms with Gasteiger partial charge < -0.3 is 5.32 Å². The van der Waals surface area contributed by atoms with Crippen LogP contribution in [0.15, 0.2) is 29.3 Å². The Labute approximate surface area is 133 Å². The summed E-state index contributed by atoms with van der Waals surface area (Å²) in [6.45, 7) is 0. The average Bonchev–Trinajstić information content (AvgIpc) is 2.93. The number of nitro groups is 1. The predicted octanol–water partition coefficient (Wildman–Crippen LogP) is 1.69. The Hall–Kier alpha value is -2.42. The van der Waals surface area contributed by atoms with Crippen molar-refractivity contribution in [2.24, 2.45) is 0 Å². The van der Waals surface area contributed by atoms with Crippen LogP contribution in [0, 0.1) is 10.1 Å². The van der Waals surface area contributed by atoms with E-state index in [-0.39, 0.29) is 10.9 Å². The molecule has 1 aliphatic carbocycles. The topological polar surface area (TPSA) is 118 Å². The van der Waals surface area contributed by atoms with Gasteiger partial charge in [0.2, 0.25) is 0 Å². The van der Waals surface area contributed by atoms with E-state index in [1.807, 2.05) is 0 Å². The first-order valence-electron chi connectivity index (χ1n) is 7.11. The van der Waals surface area contributed by atoms with Crippen LogP contribution in [0.4, 0.5) is 11.4 Å². The third-order valence-electron chi connectivity index (χ3n) is 3.94. The molecule has 0 spiro atoms. The summed E-state index contributed by atoms with van der Waals surface area (Å²) in [4.78, 5) is 10.2. The van der Waals surface area contributed by atoms with Crippen molar-refractivity contribution in [1.82, 2.24) is 10.2 Å². The molecule has 0 saturated heterocycles. The minimum atomic E-state index is -3.64. The number of aryl methyl sites for hydroxylation is 1. The van der Waals surface area contributed by atoms with Gasteiger partial charge in [-0.1, -0.05) is 0 Å². The van der Waals surface area contributed by atoms with Crippen molar-refractivity contribution < 1.29 is 13.3 Å². The van der Waals surface area contributed by atoms with Gasteiger partial charge in [0, 0.05) is 29.7 Å². The van der Waals surface area contributed by atoms with E-state index in [1.165, 1.54) is 12.1 Å². The smallest absolute Gasteiger partial charge is 0.290 e. The van der Waals surface area contributed by atoms with Gasteiger partial charge in [-0.2, -0.15) is 5.10 Å². The number of benzene rings is 1. The minimum Gasteiger partial charge on any atom is -0.382 e. The molecule has 2 N–H and O–H groups in total. The van der Waals surface area contributed by atoms with Gasteiger partial charge >= 0.3 is 0 Å². The second-order valence-corrected chi connectivity index (χ2v) is 7.65. The van der Waals surface area contributed by atoms with Crippen LogP contribution < -0.4 is 5.32 Å². The maximum Gasteiger partial charge on any atom is 0.290 e. The van der Waals surface area contributed by atoms with Crippen LogP contribution in [0.2, 0.25) is 0 Å². The first kappa shape index (κ1) is 15.5. The lowest BCUT2D eigenvalue weighted by Crippen LogP contribution is -2.27. The number of sulfone groups is 1. The molecule has 0 fully saturated rings. The standard InChI is InChI=1S/C14H16N4O4S/c1-23(21,22)14-5-3-11(7-13(14)18(19)20)16-10-2-4-12-9(6-10)8-15-17-12/h3,5,7-8,10,16H,2,4,6H2,1H3,(H,15,17)/t10-/m1/s1. The number of aromatic amines is 1. The summed E-state index contributed by atoms with van der Waals surface area (Å²) in [6.07, 6.45) is 5.25. The summed E-state index contributed by atoms with van der Waals surface area (Å²) in [6, 6.07) is 4.25. The number of nitro benzene ring substituents is 1. The number of nitrogens with zero attached hydrogens (tertiary/aromatic N) is 2. The van der Waals surface area contributed by atoms with Crippen LogP contribution >= 0.6 is 0 Å². The van der Waals surface area contributed by atoms with Gasteiger partial charge in [-0.15, -0.1) is 0 Å². The van der Waals surface area contributed by atoms with E-state index in [2.05, 4.69) is 15.5 Å². The fraction of sp³-hybridized carbons (Fsp3) is 0.357. The lowest BCUT2D eigenvalue weighted by Gasteiger charge is -2.23. The summed E-state index contributed by atoms with van der Waals surface area (Å²) in [7, 11) is -3.64. The molecule has 122 valence electrons. The molecule has 1 aromatic carbocycles. The first-order chi connectivity index (χ1) is 10.8. The van der Waals surface area contributed by atoms with Crippen molar-refractivity contribution in [2.45, 2.75) is 30.2 Å². The highest BCUT2D eigenvalue weighted by atomic mass is 32.2. The molecule has 1 atom stereocenters. The Balaban J connectivity index is 1.84. The highest BCUT2D eigenvalue weighted by Gasteiger charge is 2.24. The average molecular weight is 336 g/mol. The first-order valence-corrected chi connectivity index (χ1v) is 9.00. The second-order valence-electron chi connectivity index (χ2n) is 5.67. The zero-order chi connectivity index (χ0) is 16.6. The van der Waals surface area contributed by atoms with E-state index in [0.29, 0.717) is 5.69 Å². The zero-order valence-corrected chi connectivity index (χ0v) is 13.3. The molecule has 1 aromatic heterocycles. The molecule has 0 saturated carbocycles. The van der Waals surface area contributed by atoms with Crippen molar-refractivity contribution in [1.29, 1.82) is 0 Å². The van der Waals surface area contributed by atoms with Crippen molar-refractivity contribution in [3.63, 3.8) is 0 Å². The SMILES string of the molecule is CS(=O)(=O)c1ccc(N[C@@H]2CCc3[nH]ncc3C2)cc1[N+](=O)[O-]. The number of H-pyrrole nitrogens is 1. The Bertz CT molecular complexity index is 859. The van der Waals surface area contributed by atoms with E-state index in [9.17, 15) is 18.5 Å². The number of anilines is 1. The number of rotatable bonds is 4. The van der Waals surface area contributed by atoms with Crippen LogP contribution in [0.5, 0.6) is 0 Å². The highest BCUT2D eigenvalue weighted by Crippen LogP contribution is 2.29. The monoisotopic (exact) mass is 336 g/mol. The zero-order valence-electron chi connectivity index (χ0n) is 12.4. The minimum absolute atomic E-state index is 0.129. The Morgan fingerprint density at radius 3 is 2.91 bits per heavy atom. The number of nitrogens with one attached hydrogen (secondary N) is 2. The number of hydrogen-bond acceptors (Lipinski definition) is 6. The number of hydrogen-bond donors (Lipinski definition) is 2. The van der Waals surface area contributed by atoms with Crippen molar-refractivity contribution in [3.8, 4) is 0 Å². The van der Waals surface area contributed by atoms with Crippen LogP contribution in [0.25, 0.3) is 0 Å². The Kier molecular flexibility index (Phi) is 3.80. The van der Waals surface area contributed by atoms with E-state index in [1.54, 1.807) is 12.3 Å². The van der Waals surface area contributed by atoms with Crippen LogP contribution in [-0.2, 0) is 22.7 Å². The summed E-state index contributed by atoms with van der Waals surface area (Å²) in [5.41, 5.74) is 2.40. The molecule has 3 rings (SSSR count). The fourth-order valence-corrected chi connectivity index (χ4v) is 3.67. The summed E-state index contributed by atoms with van der Waals surface area (Å²) < 4.78 is 23.3. The molecule has 23 heavy (non-hydrogen) atoms. The predicted molar refractivity (Wildman–Crippen MR) is 84.2 cm³/mol. The third-order valence-corrected chi connectivity index (χ3v) is 5.09. The largest absolute Gasteiger partial charge is 0.382 e. The molecule has 0 bridgehead atoms. The number of aromatic nitrogens is 2. The maximum absolute atomic E-state index is 11.6. The lowest BCUT2D eigenvalue weighted by molar-refractivity contribution is -0.387. The van der Waals surface area contributed by atoms with Crippen LogP contribution in [-0.4, -0.2) is 35.8 Å². The molecule has 0 aliphatic heterocycles. The summed E-state index contributed by atoms with van der Waals surface area (Å²) in [5, 5.41) is 21.4. The van der Waals surface area contributed by atoms with Crippen molar-refractivity contribution >= 4 is 21.2 Å². The van der Waals surface area contributed by atoms with Gasteiger partial charge in [0.1, 0.15) is 4.90 Å². The molecular weight excluding hydrogens is 320 g/mol.